The van der Waals surface area contributed by atoms with Gasteiger partial charge in [0.05, 0.1) is 67.0 Å². The molecule has 0 radical (unpaired) electrons. The molecule has 338 valence electrons. The maximum absolute atomic E-state index is 2.50. The third kappa shape index (κ3) is 6.41. The van der Waals surface area contributed by atoms with Crippen LogP contribution in [0.5, 0.6) is 0 Å². The van der Waals surface area contributed by atoms with E-state index in [2.05, 4.69) is 305 Å². The van der Waals surface area contributed by atoms with Crippen molar-refractivity contribution in [3.05, 3.63) is 246 Å². The Labute approximate surface area is 442 Å². The number of para-hydroxylation sites is 4. The van der Waals surface area contributed by atoms with E-state index < -0.39 is 0 Å². The molecule has 0 bridgehead atoms. The van der Waals surface area contributed by atoms with Crippen LogP contribution >= 0.6 is 45.5 Å². The van der Waals surface area contributed by atoms with E-state index in [0.29, 0.717) is 0 Å². The van der Waals surface area contributed by atoms with Crippen molar-refractivity contribution in [2.75, 3.05) is 0 Å². The van der Waals surface area contributed by atoms with Crippen LogP contribution in [0.4, 0.5) is 0 Å². The Morgan fingerprint density at radius 2 is 0.528 bits per heavy atom. The lowest BCUT2D eigenvalue weighted by molar-refractivity contribution is 1.18. The molecule has 0 amide bonds. The van der Waals surface area contributed by atoms with E-state index in [1.54, 1.807) is 0 Å². The molecule has 0 aliphatic rings. The summed E-state index contributed by atoms with van der Waals surface area (Å²) < 4.78 is 10.8. The van der Waals surface area contributed by atoms with Gasteiger partial charge in [-0.25, -0.2) is 0 Å². The summed E-state index contributed by atoms with van der Waals surface area (Å²) in [7, 11) is 0. The molecule has 4 nitrogen and oxygen atoms in total. The van der Waals surface area contributed by atoms with E-state index in [1.165, 1.54) is 130 Å². The summed E-state index contributed by atoms with van der Waals surface area (Å²) in [6.07, 6.45) is 0. The first-order valence-corrected chi connectivity index (χ1v) is 26.3. The van der Waals surface area contributed by atoms with E-state index in [1.807, 2.05) is 0 Å². The number of rotatable bonds is 6. The van der Waals surface area contributed by atoms with Gasteiger partial charge in [0.1, 0.15) is 0 Å². The number of benzene rings is 11. The quantitative estimate of drug-likeness (QED) is 0.148. The molecule has 15 aromatic rings. The first-order chi connectivity index (χ1) is 35.5. The van der Waals surface area contributed by atoms with Gasteiger partial charge in [-0.2, -0.15) is 0 Å². The van der Waals surface area contributed by atoms with Gasteiger partial charge >= 0.3 is 0 Å². The Morgan fingerprint density at radius 1 is 0.222 bits per heavy atom. The van der Waals surface area contributed by atoms with Crippen LogP contribution in [0.2, 0.25) is 0 Å². The second-order valence-corrected chi connectivity index (χ2v) is 21.1. The SMILES string of the molecule is Ic1ccc(-n2c3ccccc3c3ccc(-c4ccc5c6ccc(-c7ccc8c9ccc(-c%10ccc%11c(c%10)c%10ccccc%10n%11-c%10ccccc%10)cc9n(I)c8c7)cc6n(-c6ccccc6)c5c4)cc32)cc1. The molecule has 0 aliphatic heterocycles. The fourth-order valence-corrected chi connectivity index (χ4v) is 12.7. The molecule has 11 aromatic carbocycles. The Balaban J connectivity index is 0.836. The third-order valence-electron chi connectivity index (χ3n) is 14.9. The predicted octanol–water partition coefficient (Wildman–Crippen LogP) is 18.9. The first kappa shape index (κ1) is 41.8. The Bertz CT molecular complexity index is 4690. The standard InChI is InChI=1S/C66H40I2N4/c67-47-25-27-50(28-26-47)70-59-17-9-7-15-51(59)53-29-19-42(36-62(53)70)43-20-30-54-55-31-21-44(38-64(55)71(63(54)37-43)49-13-5-2-6-14-49)46-23-33-57-56-32-22-45(39-65(56)72(68)66(57)40-46)41-24-34-61-58(35-41)52-16-8-10-18-60(52)69(61)48-11-3-1-4-12-48/h1-40H. The highest BCUT2D eigenvalue weighted by Crippen LogP contribution is 2.42. The lowest BCUT2D eigenvalue weighted by Gasteiger charge is -2.11. The summed E-state index contributed by atoms with van der Waals surface area (Å²) in [5, 5.41) is 10.00. The van der Waals surface area contributed by atoms with E-state index in [-0.39, 0.29) is 0 Å². The molecule has 72 heavy (non-hydrogen) atoms. The lowest BCUT2D eigenvalue weighted by Crippen LogP contribution is -1.94. The molecule has 6 heteroatoms. The van der Waals surface area contributed by atoms with Crippen molar-refractivity contribution in [2.45, 2.75) is 0 Å². The molecule has 0 N–H and O–H groups in total. The van der Waals surface area contributed by atoms with Crippen molar-refractivity contribution in [1.29, 1.82) is 0 Å². The van der Waals surface area contributed by atoms with E-state index in [9.17, 15) is 0 Å². The highest BCUT2D eigenvalue weighted by Gasteiger charge is 2.19. The van der Waals surface area contributed by atoms with Crippen molar-refractivity contribution < 1.29 is 0 Å². The molecule has 0 unspecified atom stereocenters. The summed E-state index contributed by atoms with van der Waals surface area (Å²) in [6.45, 7) is 0. The monoisotopic (exact) mass is 1140 g/mol. The van der Waals surface area contributed by atoms with Crippen molar-refractivity contribution in [1.82, 2.24) is 16.5 Å². The third-order valence-corrected chi connectivity index (χ3v) is 16.7. The number of aromatic nitrogens is 4. The van der Waals surface area contributed by atoms with Crippen LogP contribution in [0.3, 0.4) is 0 Å². The zero-order valence-electron chi connectivity index (χ0n) is 38.6. The zero-order chi connectivity index (χ0) is 47.6. The fraction of sp³-hybridized carbons (Fsp3) is 0. The second kappa shape index (κ2) is 16.3. The molecule has 0 fully saturated rings. The van der Waals surface area contributed by atoms with Crippen LogP contribution in [0, 0.1) is 3.57 Å². The molecule has 4 aromatic heterocycles. The van der Waals surface area contributed by atoms with Gasteiger partial charge in [-0.1, -0.05) is 140 Å². The largest absolute Gasteiger partial charge is 0.309 e. The highest BCUT2D eigenvalue weighted by molar-refractivity contribution is 14.1. The van der Waals surface area contributed by atoms with Crippen LogP contribution in [0.1, 0.15) is 0 Å². The summed E-state index contributed by atoms with van der Waals surface area (Å²) in [5.41, 5.74) is 20.2. The lowest BCUT2D eigenvalue weighted by atomic mass is 9.99. The normalized spacial score (nSPS) is 12.0. The summed E-state index contributed by atoms with van der Waals surface area (Å²) in [5.74, 6) is 0. The number of fused-ring (bicyclic) bond motifs is 12. The van der Waals surface area contributed by atoms with Crippen LogP contribution in [-0.2, 0) is 0 Å². The molecule has 0 saturated heterocycles. The van der Waals surface area contributed by atoms with Crippen LogP contribution < -0.4 is 0 Å². The number of hydrogen-bond acceptors (Lipinski definition) is 0. The Hall–Kier alpha value is -7.92. The molecule has 0 saturated carbocycles. The molecule has 4 heterocycles. The van der Waals surface area contributed by atoms with E-state index in [4.69, 9.17) is 0 Å². The smallest absolute Gasteiger partial charge is 0.0646 e. The van der Waals surface area contributed by atoms with Gasteiger partial charge < -0.3 is 13.7 Å². The van der Waals surface area contributed by atoms with Crippen LogP contribution in [0.15, 0.2) is 243 Å². The average Bonchev–Trinajstić information content (AvgIpc) is 4.15. The topological polar surface area (TPSA) is 19.7 Å². The first-order valence-electron chi connectivity index (χ1n) is 24.3. The van der Waals surface area contributed by atoms with Gasteiger partial charge in [0.2, 0.25) is 0 Å². The van der Waals surface area contributed by atoms with Crippen molar-refractivity contribution >= 4 is 133 Å². The number of hydrogen-bond donors (Lipinski definition) is 0. The minimum absolute atomic E-state index is 1.14. The predicted molar refractivity (Wildman–Crippen MR) is 321 cm³/mol. The summed E-state index contributed by atoms with van der Waals surface area (Å²) >= 11 is 4.89. The Morgan fingerprint density at radius 3 is 1.00 bits per heavy atom. The number of nitrogens with zero attached hydrogens (tertiary/aromatic N) is 4. The minimum Gasteiger partial charge on any atom is -0.309 e. The maximum atomic E-state index is 2.50. The maximum Gasteiger partial charge on any atom is 0.0646 e. The van der Waals surface area contributed by atoms with Crippen LogP contribution in [-0.4, -0.2) is 16.5 Å². The van der Waals surface area contributed by atoms with Gasteiger partial charge in [-0.3, -0.25) is 2.78 Å². The van der Waals surface area contributed by atoms with E-state index >= 15 is 0 Å². The molecule has 0 atom stereocenters. The molecular formula is C66H40I2N4. The summed E-state index contributed by atoms with van der Waals surface area (Å²) in [6, 6.07) is 89.6. The van der Waals surface area contributed by atoms with Gasteiger partial charge in [0.15, 0.2) is 0 Å². The van der Waals surface area contributed by atoms with Gasteiger partial charge in [-0.15, -0.1) is 0 Å². The van der Waals surface area contributed by atoms with Gasteiger partial charge in [0.25, 0.3) is 0 Å². The summed E-state index contributed by atoms with van der Waals surface area (Å²) in [4.78, 5) is 0. The highest BCUT2D eigenvalue weighted by atomic mass is 127. The van der Waals surface area contributed by atoms with Crippen LogP contribution in [0.25, 0.3) is 138 Å². The minimum atomic E-state index is 1.14. The van der Waals surface area contributed by atoms with E-state index in [0.717, 1.165) is 11.4 Å². The number of halogens is 2. The van der Waals surface area contributed by atoms with Crippen molar-refractivity contribution in [3.8, 4) is 50.4 Å². The average molecular weight is 1140 g/mol. The van der Waals surface area contributed by atoms with Gasteiger partial charge in [-0.05, 0) is 159 Å². The molecule has 0 aliphatic carbocycles. The molecule has 15 rings (SSSR count). The fourth-order valence-electron chi connectivity index (χ4n) is 11.6. The zero-order valence-corrected chi connectivity index (χ0v) is 43.0. The van der Waals surface area contributed by atoms with Crippen molar-refractivity contribution in [2.24, 2.45) is 0 Å². The Kier molecular flexibility index (Phi) is 9.48. The molecule has 0 spiro atoms. The van der Waals surface area contributed by atoms with Crippen molar-refractivity contribution in [3.63, 3.8) is 0 Å². The van der Waals surface area contributed by atoms with Gasteiger partial charge in [0, 0.05) is 63.7 Å². The second-order valence-electron chi connectivity index (χ2n) is 18.9. The molecular weight excluding hydrogens is 1100 g/mol.